The van der Waals surface area contributed by atoms with Crippen molar-refractivity contribution in [1.29, 1.82) is 0 Å². The second-order valence-corrected chi connectivity index (χ2v) is 15.2. The first kappa shape index (κ1) is 27.5. The van der Waals surface area contributed by atoms with Crippen molar-refractivity contribution >= 4 is 17.9 Å². The summed E-state index contributed by atoms with van der Waals surface area (Å²) in [5, 5.41) is 0. The Morgan fingerprint density at radius 1 is 0.553 bits per heavy atom. The van der Waals surface area contributed by atoms with Crippen molar-refractivity contribution in [3.63, 3.8) is 0 Å². The van der Waals surface area contributed by atoms with E-state index in [9.17, 15) is 14.4 Å². The van der Waals surface area contributed by atoms with Crippen molar-refractivity contribution in [3.8, 4) is 0 Å². The summed E-state index contributed by atoms with van der Waals surface area (Å²) in [7, 11) is 0. The third-order valence-electron chi connectivity index (χ3n) is 7.08. The first-order chi connectivity index (χ1) is 18.1. The second kappa shape index (κ2) is 11.0. The normalized spacial score (nSPS) is 14.8. The molecule has 0 bridgehead atoms. The molecule has 0 amide bonds. The van der Waals surface area contributed by atoms with Crippen LogP contribution in [0.15, 0.2) is 111 Å². The van der Waals surface area contributed by atoms with Gasteiger partial charge in [0.25, 0.3) is 0 Å². The number of allylic oxidation sites excluding steroid dienone is 4. The zero-order valence-electron chi connectivity index (χ0n) is 22.1. The van der Waals surface area contributed by atoms with E-state index in [1.807, 2.05) is 34.6 Å². The van der Waals surface area contributed by atoms with E-state index in [0.717, 1.165) is 16.7 Å². The molecule has 0 atom stereocenters. The van der Waals surface area contributed by atoms with Crippen LogP contribution in [0.2, 0.25) is 0 Å². The number of hydrogen-bond acceptors (Lipinski definition) is 6. The summed E-state index contributed by atoms with van der Waals surface area (Å²) in [6.07, 6.45) is 0. The van der Waals surface area contributed by atoms with E-state index in [0.29, 0.717) is 3.28 Å². The predicted molar refractivity (Wildman–Crippen MR) is 140 cm³/mol. The molecule has 0 spiro atoms. The summed E-state index contributed by atoms with van der Waals surface area (Å²) < 4.78 is 19.2. The van der Waals surface area contributed by atoms with Gasteiger partial charge in [-0.1, -0.05) is 0 Å². The van der Waals surface area contributed by atoms with Gasteiger partial charge in [-0.25, -0.2) is 0 Å². The molecule has 0 N–H and O–H groups in total. The fraction of sp³-hybridized carbons (Fsp3) is 0.194. The van der Waals surface area contributed by atoms with E-state index in [2.05, 4.69) is 0 Å². The van der Waals surface area contributed by atoms with Gasteiger partial charge in [-0.2, -0.15) is 0 Å². The van der Waals surface area contributed by atoms with Crippen LogP contribution in [0, 0.1) is 5.41 Å². The van der Waals surface area contributed by atoms with Gasteiger partial charge >= 0.3 is 230 Å². The second-order valence-electron chi connectivity index (χ2n) is 9.70. The number of hydrogen-bond donors (Lipinski definition) is 0. The van der Waals surface area contributed by atoms with Gasteiger partial charge in [0.05, 0.1) is 0 Å². The molecular formula is C31H30O6Zr. The molecule has 0 aliphatic heterocycles. The topological polar surface area (TPSA) is 78.9 Å². The maximum absolute atomic E-state index is 13.5. The van der Waals surface area contributed by atoms with Crippen LogP contribution in [0.3, 0.4) is 0 Å². The molecule has 1 aliphatic carbocycles. The Bertz CT molecular complexity index is 1290. The molecule has 3 aromatic rings. The number of benzene rings is 3. The summed E-state index contributed by atoms with van der Waals surface area (Å²) in [6, 6.07) is 25.2. The molecule has 0 saturated heterocycles. The van der Waals surface area contributed by atoms with E-state index < -0.39 is 44.9 Å². The molecule has 6 nitrogen and oxygen atoms in total. The molecule has 38 heavy (non-hydrogen) atoms. The van der Waals surface area contributed by atoms with Crippen molar-refractivity contribution in [2.45, 2.75) is 34.6 Å². The van der Waals surface area contributed by atoms with Crippen LogP contribution in [0.4, 0.5) is 0 Å². The van der Waals surface area contributed by atoms with Crippen LogP contribution < -0.4 is 0 Å². The molecule has 1 aliphatic rings. The standard InChI is InChI=1S/C10H15.3C7H6O2.Zr/c1-7-6-10(4,5)9(3)8(7)2;3*8-7(9)6-4-2-1-3-5-6;/h1-5H3;3*1-5H,(H,8,9);/q;;;;+3/p-3. The minimum atomic E-state index is -5.67. The molecule has 0 radical (unpaired) electrons. The van der Waals surface area contributed by atoms with Crippen LogP contribution in [0.1, 0.15) is 65.7 Å². The molecular weight excluding hydrogens is 560 g/mol. The fourth-order valence-electron chi connectivity index (χ4n) is 4.69. The van der Waals surface area contributed by atoms with Crippen molar-refractivity contribution in [2.24, 2.45) is 5.41 Å². The molecule has 0 unspecified atom stereocenters. The Balaban J connectivity index is 1.91. The van der Waals surface area contributed by atoms with Gasteiger partial charge in [0.1, 0.15) is 0 Å². The third kappa shape index (κ3) is 5.34. The van der Waals surface area contributed by atoms with Gasteiger partial charge in [0, 0.05) is 0 Å². The van der Waals surface area contributed by atoms with Gasteiger partial charge in [0.15, 0.2) is 0 Å². The molecule has 0 aromatic heterocycles. The summed E-state index contributed by atoms with van der Waals surface area (Å²) in [4.78, 5) is 40.6. The fourth-order valence-corrected chi connectivity index (χ4v) is 12.3. The quantitative estimate of drug-likeness (QED) is 0.292. The van der Waals surface area contributed by atoms with Crippen molar-refractivity contribution in [2.75, 3.05) is 0 Å². The van der Waals surface area contributed by atoms with Crippen LogP contribution >= 0.6 is 0 Å². The van der Waals surface area contributed by atoms with Gasteiger partial charge < -0.3 is 0 Å². The Hall–Kier alpha value is -3.57. The molecule has 4 rings (SSSR count). The van der Waals surface area contributed by atoms with Crippen LogP contribution in [-0.2, 0) is 30.0 Å². The maximum atomic E-state index is 13.5. The summed E-state index contributed by atoms with van der Waals surface area (Å²) >= 11 is -5.67. The Morgan fingerprint density at radius 2 is 0.868 bits per heavy atom. The number of carbonyl (C=O) groups is 3. The van der Waals surface area contributed by atoms with E-state index in [-0.39, 0.29) is 16.7 Å². The first-order valence-electron chi connectivity index (χ1n) is 12.3. The van der Waals surface area contributed by atoms with Crippen LogP contribution in [0.5, 0.6) is 0 Å². The van der Waals surface area contributed by atoms with E-state index in [1.54, 1.807) is 91.0 Å². The van der Waals surface area contributed by atoms with Gasteiger partial charge in [-0.05, 0) is 0 Å². The van der Waals surface area contributed by atoms with Gasteiger partial charge in [0.2, 0.25) is 0 Å². The Kier molecular flexibility index (Phi) is 7.98. The van der Waals surface area contributed by atoms with E-state index >= 15 is 0 Å². The Labute approximate surface area is 229 Å². The zero-order valence-corrected chi connectivity index (χ0v) is 24.6. The molecule has 3 aromatic carbocycles. The SMILES string of the molecule is CC1=C(C)C(C)(C)[C]([Zr]([O]C(=O)c2ccccc2)([O]C(=O)c2ccccc2)[O]C(=O)c2ccccc2)=C1C. The number of rotatable bonds is 7. The molecule has 0 fully saturated rings. The zero-order chi connectivity index (χ0) is 27.5. The summed E-state index contributed by atoms with van der Waals surface area (Å²) in [6.45, 7) is 9.77. The summed E-state index contributed by atoms with van der Waals surface area (Å²) in [5.41, 5.74) is 2.89. The molecule has 0 saturated carbocycles. The van der Waals surface area contributed by atoms with E-state index in [1.165, 1.54) is 0 Å². The van der Waals surface area contributed by atoms with Crippen LogP contribution in [-0.4, -0.2) is 17.9 Å². The third-order valence-corrected chi connectivity index (χ3v) is 14.4. The summed E-state index contributed by atoms with van der Waals surface area (Å²) in [5.74, 6) is -2.16. The molecule has 7 heteroatoms. The number of carbonyl (C=O) groups excluding carboxylic acids is 3. The van der Waals surface area contributed by atoms with Gasteiger partial charge in [-0.3, -0.25) is 0 Å². The van der Waals surface area contributed by atoms with Crippen LogP contribution in [0.25, 0.3) is 0 Å². The predicted octanol–water partition coefficient (Wildman–Crippen LogP) is 7.11. The minimum absolute atomic E-state index is 0.260. The van der Waals surface area contributed by atoms with Gasteiger partial charge in [-0.15, -0.1) is 0 Å². The monoisotopic (exact) mass is 588 g/mol. The van der Waals surface area contributed by atoms with Crippen molar-refractivity contribution < 1.29 is 44.4 Å². The Morgan fingerprint density at radius 3 is 1.13 bits per heavy atom. The molecule has 194 valence electrons. The first-order valence-corrected chi connectivity index (χ1v) is 16.6. The van der Waals surface area contributed by atoms with Crippen molar-refractivity contribution in [1.82, 2.24) is 0 Å². The average molecular weight is 590 g/mol. The van der Waals surface area contributed by atoms with Crippen molar-refractivity contribution in [3.05, 3.63) is 128 Å². The average Bonchev–Trinajstić information content (AvgIpc) is 3.08. The van der Waals surface area contributed by atoms with E-state index in [4.69, 9.17) is 8.44 Å². The molecule has 0 heterocycles.